The number of aliphatic carboxylic acids is 1. The molecule has 1 heterocycles. The molecule has 0 amide bonds. The lowest BCUT2D eigenvalue weighted by molar-refractivity contribution is -0.143. The first-order valence-corrected chi connectivity index (χ1v) is 7.23. The van der Waals surface area contributed by atoms with Gasteiger partial charge in [-0.1, -0.05) is 30.3 Å². The van der Waals surface area contributed by atoms with Crippen molar-refractivity contribution in [3.8, 4) is 0 Å². The minimum atomic E-state index is -0.636. The number of nitrogens with zero attached hydrogens (tertiary/aromatic N) is 1. The molecule has 4 heteroatoms. The fraction of sp³-hybridized carbons (Fsp3) is 0.438. The van der Waals surface area contributed by atoms with E-state index in [2.05, 4.69) is 28.5 Å². The molecule has 1 saturated carbocycles. The van der Waals surface area contributed by atoms with Gasteiger partial charge in [0.15, 0.2) is 0 Å². The Labute approximate surface area is 119 Å². The van der Waals surface area contributed by atoms with Crippen LogP contribution in [0.1, 0.15) is 31.2 Å². The van der Waals surface area contributed by atoms with Crippen molar-refractivity contribution in [1.82, 2.24) is 10.2 Å². The first kappa shape index (κ1) is 13.0. The second-order valence-corrected chi connectivity index (χ2v) is 5.60. The second-order valence-electron chi connectivity index (χ2n) is 5.60. The highest BCUT2D eigenvalue weighted by molar-refractivity contribution is 5.70. The first-order valence-electron chi connectivity index (χ1n) is 7.23. The van der Waals surface area contributed by atoms with Crippen LogP contribution in [0.4, 0.5) is 0 Å². The van der Waals surface area contributed by atoms with Gasteiger partial charge in [0, 0.05) is 12.2 Å². The van der Waals surface area contributed by atoms with Crippen molar-refractivity contribution in [1.29, 1.82) is 0 Å². The Morgan fingerprint density at radius 3 is 2.50 bits per heavy atom. The van der Waals surface area contributed by atoms with Crippen LogP contribution < -0.4 is 5.32 Å². The molecule has 1 aliphatic heterocycles. The van der Waals surface area contributed by atoms with Crippen molar-refractivity contribution < 1.29 is 9.90 Å². The molecule has 1 aromatic rings. The smallest absolute Gasteiger partial charge is 0.306 e. The molecule has 1 fully saturated rings. The van der Waals surface area contributed by atoms with Gasteiger partial charge in [-0.3, -0.25) is 4.79 Å². The lowest BCUT2D eigenvalue weighted by atomic mass is 9.85. The molecule has 20 heavy (non-hydrogen) atoms. The number of nitrogens with one attached hydrogen (secondary N) is 1. The minimum Gasteiger partial charge on any atom is -0.481 e. The van der Waals surface area contributed by atoms with Gasteiger partial charge in [-0.2, -0.15) is 0 Å². The topological polar surface area (TPSA) is 52.6 Å². The summed E-state index contributed by atoms with van der Waals surface area (Å²) in [4.78, 5) is 13.3. The predicted molar refractivity (Wildman–Crippen MR) is 77.6 cm³/mol. The van der Waals surface area contributed by atoms with Crippen LogP contribution in [0.3, 0.4) is 0 Å². The van der Waals surface area contributed by atoms with Gasteiger partial charge in [-0.25, -0.2) is 0 Å². The molecule has 2 aliphatic rings. The zero-order valence-corrected chi connectivity index (χ0v) is 11.5. The Kier molecular flexibility index (Phi) is 3.63. The molecule has 0 radical (unpaired) electrons. The van der Waals surface area contributed by atoms with Crippen molar-refractivity contribution in [2.75, 3.05) is 6.67 Å². The normalized spacial score (nSPS) is 26.0. The van der Waals surface area contributed by atoms with Crippen molar-refractivity contribution in [3.05, 3.63) is 42.1 Å². The summed E-state index contributed by atoms with van der Waals surface area (Å²) < 4.78 is 0. The van der Waals surface area contributed by atoms with E-state index in [1.807, 2.05) is 18.2 Å². The molecule has 1 aromatic carbocycles. The number of benzene rings is 1. The maximum absolute atomic E-state index is 11.0. The molecule has 106 valence electrons. The third kappa shape index (κ3) is 2.64. The molecule has 0 unspecified atom stereocenters. The Morgan fingerprint density at radius 1 is 1.15 bits per heavy atom. The van der Waals surface area contributed by atoms with Gasteiger partial charge in [0.1, 0.15) is 0 Å². The highest BCUT2D eigenvalue weighted by Gasteiger charge is 2.29. The lowest BCUT2D eigenvalue weighted by Crippen LogP contribution is -2.36. The third-order valence-corrected chi connectivity index (χ3v) is 4.35. The van der Waals surface area contributed by atoms with E-state index in [4.69, 9.17) is 5.11 Å². The fourth-order valence-corrected chi connectivity index (χ4v) is 3.12. The summed E-state index contributed by atoms with van der Waals surface area (Å²) in [5.74, 6) is -0.775. The largest absolute Gasteiger partial charge is 0.481 e. The van der Waals surface area contributed by atoms with Crippen molar-refractivity contribution in [2.45, 2.75) is 31.7 Å². The summed E-state index contributed by atoms with van der Waals surface area (Å²) in [7, 11) is 0. The Morgan fingerprint density at radius 2 is 1.85 bits per heavy atom. The number of carbonyl (C=O) groups is 1. The molecule has 4 nitrogen and oxygen atoms in total. The molecular formula is C16H20N2O2. The highest BCUT2D eigenvalue weighted by Crippen LogP contribution is 2.30. The van der Waals surface area contributed by atoms with Gasteiger partial charge in [0.2, 0.25) is 0 Å². The number of hydrogen-bond acceptors (Lipinski definition) is 3. The van der Waals surface area contributed by atoms with Crippen LogP contribution in [-0.4, -0.2) is 28.7 Å². The third-order valence-electron chi connectivity index (χ3n) is 4.35. The summed E-state index contributed by atoms with van der Waals surface area (Å²) >= 11 is 0. The molecular weight excluding hydrogens is 252 g/mol. The number of rotatable bonds is 3. The van der Waals surface area contributed by atoms with Crippen LogP contribution in [-0.2, 0) is 4.79 Å². The van der Waals surface area contributed by atoms with Gasteiger partial charge in [-0.15, -0.1) is 0 Å². The van der Waals surface area contributed by atoms with Gasteiger partial charge < -0.3 is 15.3 Å². The van der Waals surface area contributed by atoms with Crippen LogP contribution >= 0.6 is 0 Å². The van der Waals surface area contributed by atoms with Gasteiger partial charge in [0.05, 0.1) is 18.3 Å². The summed E-state index contributed by atoms with van der Waals surface area (Å²) in [6, 6.07) is 10.8. The van der Waals surface area contributed by atoms with E-state index in [1.165, 1.54) is 5.56 Å². The van der Waals surface area contributed by atoms with Gasteiger partial charge in [-0.05, 0) is 31.2 Å². The summed E-state index contributed by atoms with van der Waals surface area (Å²) in [5.41, 5.74) is 2.36. The average molecular weight is 272 g/mol. The van der Waals surface area contributed by atoms with Crippen LogP contribution in [0.5, 0.6) is 0 Å². The lowest BCUT2D eigenvalue weighted by Gasteiger charge is -2.32. The zero-order valence-electron chi connectivity index (χ0n) is 11.5. The second kappa shape index (κ2) is 5.57. The summed E-state index contributed by atoms with van der Waals surface area (Å²) in [6.07, 6.45) is 5.71. The standard InChI is InChI=1S/C16H20N2O2/c19-16(20)13-6-8-14(9-7-13)18-10-15(17-11-18)12-4-2-1-3-5-12/h1-5,10,13-14,17H,6-9,11H2,(H,19,20)/t13-,14+. The molecule has 0 aromatic heterocycles. The Hall–Kier alpha value is -1.97. The van der Waals surface area contributed by atoms with E-state index in [0.717, 1.165) is 38.0 Å². The van der Waals surface area contributed by atoms with E-state index in [-0.39, 0.29) is 5.92 Å². The van der Waals surface area contributed by atoms with Crippen LogP contribution in [0.25, 0.3) is 5.70 Å². The number of hydrogen-bond donors (Lipinski definition) is 2. The quantitative estimate of drug-likeness (QED) is 0.887. The van der Waals surface area contributed by atoms with Crippen LogP contribution in [0, 0.1) is 5.92 Å². The monoisotopic (exact) mass is 272 g/mol. The SMILES string of the molecule is O=C(O)[C@H]1CC[C@@H](N2C=C(c3ccccc3)NC2)CC1. The maximum Gasteiger partial charge on any atom is 0.306 e. The average Bonchev–Trinajstić information content (AvgIpc) is 2.98. The van der Waals surface area contributed by atoms with Crippen molar-refractivity contribution in [3.63, 3.8) is 0 Å². The van der Waals surface area contributed by atoms with E-state index >= 15 is 0 Å². The van der Waals surface area contributed by atoms with Crippen molar-refractivity contribution >= 4 is 11.7 Å². The molecule has 0 atom stereocenters. The molecule has 0 saturated heterocycles. The zero-order chi connectivity index (χ0) is 13.9. The van der Waals surface area contributed by atoms with E-state index in [0.29, 0.717) is 6.04 Å². The fourth-order valence-electron chi connectivity index (χ4n) is 3.12. The molecule has 3 rings (SSSR count). The number of carboxylic acid groups (broad SMARTS) is 1. The number of carboxylic acids is 1. The molecule has 2 N–H and O–H groups in total. The van der Waals surface area contributed by atoms with E-state index in [1.54, 1.807) is 0 Å². The van der Waals surface area contributed by atoms with E-state index < -0.39 is 5.97 Å². The molecule has 0 bridgehead atoms. The highest BCUT2D eigenvalue weighted by atomic mass is 16.4. The molecule has 0 spiro atoms. The Balaban J connectivity index is 1.63. The maximum atomic E-state index is 11.0. The van der Waals surface area contributed by atoms with Gasteiger partial charge in [0.25, 0.3) is 0 Å². The minimum absolute atomic E-state index is 0.139. The van der Waals surface area contributed by atoms with E-state index in [9.17, 15) is 4.79 Å². The van der Waals surface area contributed by atoms with Crippen molar-refractivity contribution in [2.24, 2.45) is 5.92 Å². The predicted octanol–water partition coefficient (Wildman–Crippen LogP) is 2.49. The van der Waals surface area contributed by atoms with Crippen LogP contribution in [0.2, 0.25) is 0 Å². The van der Waals surface area contributed by atoms with Gasteiger partial charge >= 0.3 is 5.97 Å². The summed E-state index contributed by atoms with van der Waals surface area (Å²) in [6.45, 7) is 0.826. The first-order chi connectivity index (χ1) is 9.74. The van der Waals surface area contributed by atoms with Crippen LogP contribution in [0.15, 0.2) is 36.5 Å². The Bertz CT molecular complexity index is 504. The molecule has 1 aliphatic carbocycles. The summed E-state index contributed by atoms with van der Waals surface area (Å²) in [5, 5.41) is 12.5.